The number of carbonyl (C=O) groups excluding carboxylic acids is 1. The number of amides is 1. The SMILES string of the molecule is C[C@H](Oc1ccc(Cl)cc1)C(=O)NCc1cccnc1. The second kappa shape index (κ2) is 6.91. The minimum atomic E-state index is -0.576. The van der Waals surface area contributed by atoms with Crippen LogP contribution >= 0.6 is 11.6 Å². The predicted octanol–water partition coefficient (Wildman–Crippen LogP) is 2.82. The highest BCUT2D eigenvalue weighted by atomic mass is 35.5. The monoisotopic (exact) mass is 290 g/mol. The van der Waals surface area contributed by atoms with E-state index >= 15 is 0 Å². The van der Waals surface area contributed by atoms with Gasteiger partial charge in [0, 0.05) is 24.0 Å². The Hall–Kier alpha value is -2.07. The van der Waals surface area contributed by atoms with Crippen LogP contribution in [0.15, 0.2) is 48.8 Å². The van der Waals surface area contributed by atoms with E-state index in [1.54, 1.807) is 43.6 Å². The van der Waals surface area contributed by atoms with Crippen LogP contribution in [0.4, 0.5) is 0 Å². The van der Waals surface area contributed by atoms with Crippen molar-refractivity contribution in [1.82, 2.24) is 10.3 Å². The van der Waals surface area contributed by atoms with Crippen molar-refractivity contribution < 1.29 is 9.53 Å². The number of nitrogens with one attached hydrogen (secondary N) is 1. The molecule has 1 aromatic carbocycles. The second-order valence-electron chi connectivity index (χ2n) is 4.29. The number of halogens is 1. The molecule has 4 nitrogen and oxygen atoms in total. The molecule has 2 aromatic rings. The molecule has 0 bridgehead atoms. The molecule has 0 saturated carbocycles. The molecule has 1 atom stereocenters. The van der Waals surface area contributed by atoms with Gasteiger partial charge < -0.3 is 10.1 Å². The van der Waals surface area contributed by atoms with E-state index in [1.165, 1.54) is 0 Å². The summed E-state index contributed by atoms with van der Waals surface area (Å²) in [5.74, 6) is 0.433. The van der Waals surface area contributed by atoms with Crippen molar-refractivity contribution in [2.45, 2.75) is 19.6 Å². The summed E-state index contributed by atoms with van der Waals surface area (Å²) in [6.07, 6.45) is 2.83. The summed E-state index contributed by atoms with van der Waals surface area (Å²) in [6.45, 7) is 2.13. The Labute approximate surface area is 122 Å². The van der Waals surface area contributed by atoms with Gasteiger partial charge in [0.05, 0.1) is 0 Å². The van der Waals surface area contributed by atoms with Gasteiger partial charge in [-0.3, -0.25) is 9.78 Å². The van der Waals surface area contributed by atoms with E-state index in [0.29, 0.717) is 17.3 Å². The molecule has 0 saturated heterocycles. The topological polar surface area (TPSA) is 51.2 Å². The maximum Gasteiger partial charge on any atom is 0.261 e. The number of nitrogens with zero attached hydrogens (tertiary/aromatic N) is 1. The third kappa shape index (κ3) is 4.24. The summed E-state index contributed by atoms with van der Waals surface area (Å²) in [4.78, 5) is 15.9. The van der Waals surface area contributed by atoms with Crippen molar-refractivity contribution in [3.63, 3.8) is 0 Å². The van der Waals surface area contributed by atoms with Crippen LogP contribution in [0.5, 0.6) is 5.75 Å². The summed E-state index contributed by atoms with van der Waals surface area (Å²) in [7, 11) is 0. The van der Waals surface area contributed by atoms with Crippen LogP contribution in [-0.4, -0.2) is 17.0 Å². The Morgan fingerprint density at radius 1 is 1.35 bits per heavy atom. The Balaban J connectivity index is 1.84. The molecule has 1 heterocycles. The van der Waals surface area contributed by atoms with Crippen LogP contribution < -0.4 is 10.1 Å². The van der Waals surface area contributed by atoms with Crippen molar-refractivity contribution in [2.24, 2.45) is 0 Å². The van der Waals surface area contributed by atoms with Crippen LogP contribution in [0.2, 0.25) is 5.02 Å². The lowest BCUT2D eigenvalue weighted by Gasteiger charge is -2.14. The van der Waals surface area contributed by atoms with Gasteiger partial charge in [0.2, 0.25) is 0 Å². The first kappa shape index (κ1) is 14.3. The molecular formula is C15H15ClN2O2. The third-order valence-corrected chi connectivity index (χ3v) is 2.94. The molecule has 0 spiro atoms. The molecule has 1 N–H and O–H groups in total. The molecule has 0 aliphatic heterocycles. The fourth-order valence-corrected chi connectivity index (χ4v) is 1.73. The van der Waals surface area contributed by atoms with E-state index in [1.807, 2.05) is 12.1 Å². The first-order valence-corrected chi connectivity index (χ1v) is 6.62. The highest BCUT2D eigenvalue weighted by Crippen LogP contribution is 2.16. The quantitative estimate of drug-likeness (QED) is 0.921. The van der Waals surface area contributed by atoms with Crippen molar-refractivity contribution in [3.8, 4) is 5.75 Å². The zero-order chi connectivity index (χ0) is 14.4. The Morgan fingerprint density at radius 3 is 2.75 bits per heavy atom. The smallest absolute Gasteiger partial charge is 0.261 e. The van der Waals surface area contributed by atoms with Crippen LogP contribution in [0.1, 0.15) is 12.5 Å². The van der Waals surface area contributed by atoms with E-state index in [2.05, 4.69) is 10.3 Å². The lowest BCUT2D eigenvalue weighted by atomic mass is 10.2. The molecular weight excluding hydrogens is 276 g/mol. The number of benzene rings is 1. The van der Waals surface area contributed by atoms with Gasteiger partial charge >= 0.3 is 0 Å². The Bertz CT molecular complexity index is 558. The van der Waals surface area contributed by atoms with E-state index in [4.69, 9.17) is 16.3 Å². The third-order valence-electron chi connectivity index (χ3n) is 2.69. The fraction of sp³-hybridized carbons (Fsp3) is 0.200. The number of rotatable bonds is 5. The zero-order valence-corrected chi connectivity index (χ0v) is 11.8. The van der Waals surface area contributed by atoms with Gasteiger partial charge in [-0.25, -0.2) is 0 Å². The van der Waals surface area contributed by atoms with Gasteiger partial charge in [0.25, 0.3) is 5.91 Å². The first-order chi connectivity index (χ1) is 9.65. The molecule has 1 aromatic heterocycles. The molecule has 0 aliphatic rings. The average Bonchev–Trinajstić information content (AvgIpc) is 2.48. The molecule has 104 valence electrons. The van der Waals surface area contributed by atoms with Gasteiger partial charge in [-0.05, 0) is 42.8 Å². The minimum absolute atomic E-state index is 0.177. The number of pyridine rings is 1. The number of carbonyl (C=O) groups is 1. The van der Waals surface area contributed by atoms with Crippen molar-refractivity contribution >= 4 is 17.5 Å². The first-order valence-electron chi connectivity index (χ1n) is 6.24. The molecule has 20 heavy (non-hydrogen) atoms. The number of hydrogen-bond donors (Lipinski definition) is 1. The Kier molecular flexibility index (Phi) is 4.96. The number of aromatic nitrogens is 1. The second-order valence-corrected chi connectivity index (χ2v) is 4.73. The van der Waals surface area contributed by atoms with E-state index < -0.39 is 6.10 Å². The molecule has 5 heteroatoms. The lowest BCUT2D eigenvalue weighted by molar-refractivity contribution is -0.127. The fourth-order valence-electron chi connectivity index (χ4n) is 1.61. The van der Waals surface area contributed by atoms with Crippen LogP contribution in [0.25, 0.3) is 0 Å². The summed E-state index contributed by atoms with van der Waals surface area (Å²) >= 11 is 5.79. The average molecular weight is 291 g/mol. The molecule has 0 unspecified atom stereocenters. The largest absolute Gasteiger partial charge is 0.481 e. The van der Waals surface area contributed by atoms with Gasteiger partial charge in [-0.2, -0.15) is 0 Å². The van der Waals surface area contributed by atoms with Crippen molar-refractivity contribution in [3.05, 3.63) is 59.4 Å². The van der Waals surface area contributed by atoms with Gasteiger partial charge in [-0.15, -0.1) is 0 Å². The van der Waals surface area contributed by atoms with E-state index in [-0.39, 0.29) is 5.91 Å². The predicted molar refractivity (Wildman–Crippen MR) is 77.6 cm³/mol. The van der Waals surface area contributed by atoms with E-state index in [0.717, 1.165) is 5.56 Å². The summed E-state index contributed by atoms with van der Waals surface area (Å²) in [5, 5.41) is 3.43. The van der Waals surface area contributed by atoms with Crippen LogP contribution in [0.3, 0.4) is 0 Å². The highest BCUT2D eigenvalue weighted by Gasteiger charge is 2.14. The maximum absolute atomic E-state index is 11.9. The number of ether oxygens (including phenoxy) is 1. The molecule has 1 amide bonds. The summed E-state index contributed by atoms with van der Waals surface area (Å²) in [6, 6.07) is 10.6. The lowest BCUT2D eigenvalue weighted by Crippen LogP contribution is -2.35. The highest BCUT2D eigenvalue weighted by molar-refractivity contribution is 6.30. The van der Waals surface area contributed by atoms with Crippen molar-refractivity contribution in [2.75, 3.05) is 0 Å². The normalized spacial score (nSPS) is 11.7. The van der Waals surface area contributed by atoms with Gasteiger partial charge in [0.1, 0.15) is 5.75 Å². The van der Waals surface area contributed by atoms with Crippen LogP contribution in [-0.2, 0) is 11.3 Å². The zero-order valence-electron chi connectivity index (χ0n) is 11.0. The molecule has 0 fully saturated rings. The number of hydrogen-bond acceptors (Lipinski definition) is 3. The summed E-state index contributed by atoms with van der Waals surface area (Å²) in [5.41, 5.74) is 0.944. The van der Waals surface area contributed by atoms with Gasteiger partial charge in [-0.1, -0.05) is 17.7 Å². The Morgan fingerprint density at radius 2 is 2.10 bits per heavy atom. The molecule has 0 radical (unpaired) electrons. The maximum atomic E-state index is 11.9. The molecule has 2 rings (SSSR count). The standard InChI is InChI=1S/C15H15ClN2O2/c1-11(20-14-6-4-13(16)5-7-14)15(19)18-10-12-3-2-8-17-9-12/h2-9,11H,10H2,1H3,(H,18,19)/t11-/m0/s1. The minimum Gasteiger partial charge on any atom is -0.481 e. The van der Waals surface area contributed by atoms with Crippen molar-refractivity contribution in [1.29, 1.82) is 0 Å². The summed E-state index contributed by atoms with van der Waals surface area (Å²) < 4.78 is 5.53. The van der Waals surface area contributed by atoms with Crippen LogP contribution in [0, 0.1) is 0 Å². The van der Waals surface area contributed by atoms with Gasteiger partial charge in [0.15, 0.2) is 6.10 Å². The molecule has 0 aliphatic carbocycles. The van der Waals surface area contributed by atoms with E-state index in [9.17, 15) is 4.79 Å².